The number of carbonyl (C=O) groups is 1. The van der Waals surface area contributed by atoms with Crippen molar-refractivity contribution in [2.45, 2.75) is 32.7 Å². The highest BCUT2D eigenvalue weighted by Crippen LogP contribution is 2.16. The highest BCUT2D eigenvalue weighted by Gasteiger charge is 2.08. The van der Waals surface area contributed by atoms with Gasteiger partial charge in [-0.25, -0.2) is 4.79 Å². The Labute approximate surface area is 113 Å². The first-order valence-corrected chi connectivity index (χ1v) is 6.26. The Morgan fingerprint density at radius 2 is 2.26 bits per heavy atom. The number of aryl methyl sites for hydroxylation is 1. The molecular weight excluding hydrogens is 242 g/mol. The molecule has 3 N–H and O–H groups in total. The van der Waals surface area contributed by atoms with Crippen molar-refractivity contribution in [3.63, 3.8) is 0 Å². The number of aliphatic hydroxyl groups is 1. The Morgan fingerprint density at radius 1 is 1.53 bits per heavy atom. The third-order valence-electron chi connectivity index (χ3n) is 2.79. The first kappa shape index (κ1) is 15.0. The maximum Gasteiger partial charge on any atom is 0.319 e. The lowest BCUT2D eigenvalue weighted by Gasteiger charge is -2.15. The molecule has 0 fully saturated rings. The summed E-state index contributed by atoms with van der Waals surface area (Å²) < 4.78 is 0. The summed E-state index contributed by atoms with van der Waals surface area (Å²) in [5.41, 5.74) is 2.04. The van der Waals surface area contributed by atoms with E-state index in [-0.39, 0.29) is 18.7 Å². The van der Waals surface area contributed by atoms with Gasteiger partial charge in [0.05, 0.1) is 11.6 Å². The minimum atomic E-state index is -0.302. The summed E-state index contributed by atoms with van der Waals surface area (Å²) in [6, 6.07) is 6.88. The van der Waals surface area contributed by atoms with E-state index in [2.05, 4.69) is 10.6 Å². The van der Waals surface area contributed by atoms with E-state index >= 15 is 0 Å². The van der Waals surface area contributed by atoms with E-state index in [9.17, 15) is 4.79 Å². The van der Waals surface area contributed by atoms with Crippen LogP contribution in [0, 0.1) is 18.3 Å². The Kier molecular flexibility index (Phi) is 5.83. The van der Waals surface area contributed by atoms with Gasteiger partial charge in [-0.2, -0.15) is 5.26 Å². The van der Waals surface area contributed by atoms with Gasteiger partial charge in [-0.3, -0.25) is 0 Å². The smallest absolute Gasteiger partial charge is 0.319 e. The molecule has 0 aromatic heterocycles. The second kappa shape index (κ2) is 7.39. The molecule has 5 nitrogen and oxygen atoms in total. The zero-order valence-electron chi connectivity index (χ0n) is 11.2. The molecule has 0 spiro atoms. The number of nitrogens with zero attached hydrogens (tertiary/aromatic N) is 1. The molecule has 1 rings (SSSR count). The van der Waals surface area contributed by atoms with Crippen LogP contribution in [0.1, 0.15) is 30.9 Å². The van der Waals surface area contributed by atoms with E-state index in [1.54, 1.807) is 18.2 Å². The summed E-state index contributed by atoms with van der Waals surface area (Å²) in [5, 5.41) is 23.1. The minimum absolute atomic E-state index is 0.00777. The highest BCUT2D eigenvalue weighted by molar-refractivity contribution is 5.90. The number of rotatable bonds is 5. The number of nitrogens with one attached hydrogen (secondary N) is 2. The van der Waals surface area contributed by atoms with Gasteiger partial charge in [0.2, 0.25) is 0 Å². The van der Waals surface area contributed by atoms with Crippen molar-refractivity contribution in [1.82, 2.24) is 5.32 Å². The third-order valence-corrected chi connectivity index (χ3v) is 2.79. The van der Waals surface area contributed by atoms with Crippen molar-refractivity contribution >= 4 is 11.7 Å². The van der Waals surface area contributed by atoms with Gasteiger partial charge >= 0.3 is 6.03 Å². The molecule has 1 aromatic rings. The molecule has 0 radical (unpaired) electrons. The number of urea groups is 1. The molecule has 1 unspecified atom stereocenters. The van der Waals surface area contributed by atoms with Crippen LogP contribution in [0.4, 0.5) is 10.5 Å². The Morgan fingerprint density at radius 3 is 2.89 bits per heavy atom. The standard InChI is InChI=1S/C14H19N3O2/c1-10-5-6-12(9-15)8-13(10)17-14(19)16-11(2)4-3-7-18/h5-6,8,11,18H,3-4,7H2,1-2H3,(H2,16,17,19). The Hall–Kier alpha value is -2.06. The average Bonchev–Trinajstić information content (AvgIpc) is 2.38. The molecule has 102 valence electrons. The first-order chi connectivity index (χ1) is 9.06. The fourth-order valence-electron chi connectivity index (χ4n) is 1.68. The Bertz CT molecular complexity index is 480. The average molecular weight is 261 g/mol. The fraction of sp³-hybridized carbons (Fsp3) is 0.429. The van der Waals surface area contributed by atoms with Crippen LogP contribution in [0.5, 0.6) is 0 Å². The quantitative estimate of drug-likeness (QED) is 0.759. The molecule has 0 heterocycles. The summed E-state index contributed by atoms with van der Waals surface area (Å²) in [5.74, 6) is 0. The molecule has 0 bridgehead atoms. The topological polar surface area (TPSA) is 85.2 Å². The minimum Gasteiger partial charge on any atom is -0.396 e. The van der Waals surface area contributed by atoms with Crippen LogP contribution in [0.25, 0.3) is 0 Å². The van der Waals surface area contributed by atoms with Crippen LogP contribution in [0.15, 0.2) is 18.2 Å². The fourth-order valence-corrected chi connectivity index (χ4v) is 1.68. The predicted molar refractivity (Wildman–Crippen MR) is 73.8 cm³/mol. The molecule has 2 amide bonds. The lowest BCUT2D eigenvalue weighted by atomic mass is 10.1. The van der Waals surface area contributed by atoms with E-state index in [4.69, 9.17) is 10.4 Å². The summed E-state index contributed by atoms with van der Waals surface area (Å²) in [7, 11) is 0. The van der Waals surface area contributed by atoms with Gasteiger partial charge in [0.25, 0.3) is 0 Å². The third kappa shape index (κ3) is 4.98. The van der Waals surface area contributed by atoms with Crippen LogP contribution in [-0.2, 0) is 0 Å². The van der Waals surface area contributed by atoms with E-state index in [0.717, 1.165) is 12.0 Å². The van der Waals surface area contributed by atoms with Crippen molar-refractivity contribution in [2.24, 2.45) is 0 Å². The van der Waals surface area contributed by atoms with Crippen LogP contribution in [-0.4, -0.2) is 23.8 Å². The maximum absolute atomic E-state index is 11.8. The van der Waals surface area contributed by atoms with Gasteiger partial charge in [0.1, 0.15) is 0 Å². The SMILES string of the molecule is Cc1ccc(C#N)cc1NC(=O)NC(C)CCCO. The summed E-state index contributed by atoms with van der Waals surface area (Å²) >= 11 is 0. The summed E-state index contributed by atoms with van der Waals surface area (Å²) in [6.07, 6.45) is 1.38. The zero-order valence-corrected chi connectivity index (χ0v) is 11.2. The molecule has 0 aliphatic carbocycles. The van der Waals surface area contributed by atoms with Crippen LogP contribution >= 0.6 is 0 Å². The molecule has 0 saturated heterocycles. The van der Waals surface area contributed by atoms with E-state index in [1.165, 1.54) is 0 Å². The van der Waals surface area contributed by atoms with Crippen molar-refractivity contribution in [3.05, 3.63) is 29.3 Å². The molecular formula is C14H19N3O2. The van der Waals surface area contributed by atoms with Crippen LogP contribution in [0.3, 0.4) is 0 Å². The molecule has 1 atom stereocenters. The number of nitriles is 1. The van der Waals surface area contributed by atoms with Gasteiger partial charge in [0, 0.05) is 18.3 Å². The maximum atomic E-state index is 11.8. The zero-order chi connectivity index (χ0) is 14.3. The normalized spacial score (nSPS) is 11.5. The highest BCUT2D eigenvalue weighted by atomic mass is 16.3. The van der Waals surface area contributed by atoms with E-state index < -0.39 is 0 Å². The van der Waals surface area contributed by atoms with Gasteiger partial charge in [-0.05, 0) is 44.4 Å². The van der Waals surface area contributed by atoms with Crippen molar-refractivity contribution < 1.29 is 9.90 Å². The largest absolute Gasteiger partial charge is 0.396 e. The van der Waals surface area contributed by atoms with Crippen molar-refractivity contribution in [1.29, 1.82) is 5.26 Å². The molecule has 0 saturated carbocycles. The van der Waals surface area contributed by atoms with Gasteiger partial charge in [-0.15, -0.1) is 0 Å². The molecule has 0 aliphatic rings. The number of anilines is 1. The Balaban J connectivity index is 2.59. The summed E-state index contributed by atoms with van der Waals surface area (Å²) in [6.45, 7) is 3.87. The van der Waals surface area contributed by atoms with Crippen LogP contribution < -0.4 is 10.6 Å². The second-order valence-electron chi connectivity index (χ2n) is 4.51. The lowest BCUT2D eigenvalue weighted by Crippen LogP contribution is -2.36. The number of benzene rings is 1. The molecule has 19 heavy (non-hydrogen) atoms. The monoisotopic (exact) mass is 261 g/mol. The lowest BCUT2D eigenvalue weighted by molar-refractivity contribution is 0.245. The second-order valence-corrected chi connectivity index (χ2v) is 4.51. The van der Waals surface area contributed by atoms with Crippen molar-refractivity contribution in [3.8, 4) is 6.07 Å². The number of hydrogen-bond donors (Lipinski definition) is 3. The van der Waals surface area contributed by atoms with E-state index in [0.29, 0.717) is 17.7 Å². The van der Waals surface area contributed by atoms with Crippen LogP contribution in [0.2, 0.25) is 0 Å². The van der Waals surface area contributed by atoms with E-state index in [1.807, 2.05) is 19.9 Å². The molecule has 5 heteroatoms. The van der Waals surface area contributed by atoms with Gasteiger partial charge < -0.3 is 15.7 Å². The van der Waals surface area contributed by atoms with Crippen molar-refractivity contribution in [2.75, 3.05) is 11.9 Å². The number of amides is 2. The predicted octanol–water partition coefficient (Wildman–Crippen LogP) is 2.15. The number of hydrogen-bond acceptors (Lipinski definition) is 3. The summed E-state index contributed by atoms with van der Waals surface area (Å²) in [4.78, 5) is 11.8. The molecule has 0 aliphatic heterocycles. The van der Waals surface area contributed by atoms with Gasteiger partial charge in [-0.1, -0.05) is 6.07 Å². The number of aliphatic hydroxyl groups excluding tert-OH is 1. The number of carbonyl (C=O) groups excluding carboxylic acids is 1. The first-order valence-electron chi connectivity index (χ1n) is 6.26. The van der Waals surface area contributed by atoms with Gasteiger partial charge in [0.15, 0.2) is 0 Å². The molecule has 1 aromatic carbocycles.